The maximum Gasteiger partial charge on any atom is 0.232 e. The van der Waals surface area contributed by atoms with E-state index in [9.17, 15) is 0 Å². The first-order valence-corrected chi connectivity index (χ1v) is 12.3. The highest BCUT2D eigenvalue weighted by Crippen LogP contribution is 2.44. The molecule has 1 N–H and O–H groups in total. The molecule has 7 nitrogen and oxygen atoms in total. The molecule has 0 spiro atoms. The van der Waals surface area contributed by atoms with Crippen molar-refractivity contribution < 1.29 is 13.9 Å². The Kier molecular flexibility index (Phi) is 6.86. The van der Waals surface area contributed by atoms with Crippen molar-refractivity contribution in [3.63, 3.8) is 0 Å². The minimum Gasteiger partial charge on any atom is -0.493 e. The lowest BCUT2D eigenvalue weighted by atomic mass is 9.99. The highest BCUT2D eigenvalue weighted by molar-refractivity contribution is 6.06. The zero-order valence-electron chi connectivity index (χ0n) is 20.6. The third kappa shape index (κ3) is 4.95. The number of methoxy groups -OCH3 is 1. The molecule has 0 radical (unpaired) electrons. The number of fused-ring (bicyclic) bond motifs is 1. The smallest absolute Gasteiger partial charge is 0.232 e. The first-order valence-electron chi connectivity index (χ1n) is 12.3. The molecule has 0 atom stereocenters. The van der Waals surface area contributed by atoms with E-state index in [0.717, 1.165) is 59.0 Å². The van der Waals surface area contributed by atoms with Gasteiger partial charge in [-0.15, -0.1) is 0 Å². The lowest BCUT2D eigenvalue weighted by molar-refractivity contribution is 0.230. The fraction of sp³-hybridized carbons (Fsp3) is 0.357. The van der Waals surface area contributed by atoms with E-state index in [-0.39, 0.29) is 6.04 Å². The molecule has 1 fully saturated rings. The molecule has 7 heteroatoms. The van der Waals surface area contributed by atoms with Gasteiger partial charge < -0.3 is 19.2 Å². The highest BCUT2D eigenvalue weighted by atomic mass is 16.5. The van der Waals surface area contributed by atoms with E-state index in [4.69, 9.17) is 13.9 Å². The first-order chi connectivity index (χ1) is 17.1. The van der Waals surface area contributed by atoms with Crippen molar-refractivity contribution in [1.82, 2.24) is 14.9 Å². The second kappa shape index (κ2) is 10.4. The fourth-order valence-corrected chi connectivity index (χ4v) is 4.62. The molecule has 5 rings (SSSR count). The van der Waals surface area contributed by atoms with Crippen molar-refractivity contribution in [3.8, 4) is 33.9 Å². The van der Waals surface area contributed by atoms with Gasteiger partial charge in [0.15, 0.2) is 11.5 Å². The summed E-state index contributed by atoms with van der Waals surface area (Å²) in [5.41, 5.74) is 3.42. The van der Waals surface area contributed by atoms with Gasteiger partial charge in [-0.3, -0.25) is 4.90 Å². The van der Waals surface area contributed by atoms with Gasteiger partial charge in [-0.1, -0.05) is 30.3 Å². The molecule has 182 valence electrons. The summed E-state index contributed by atoms with van der Waals surface area (Å²) in [5.74, 6) is 2.89. The zero-order chi connectivity index (χ0) is 24.2. The second-order valence-corrected chi connectivity index (χ2v) is 9.14. The summed E-state index contributed by atoms with van der Waals surface area (Å²) in [6.45, 7) is 8.05. The lowest BCUT2D eigenvalue weighted by Gasteiger charge is -2.16. The Balaban J connectivity index is 1.54. The van der Waals surface area contributed by atoms with Crippen LogP contribution < -0.4 is 14.8 Å². The van der Waals surface area contributed by atoms with Crippen LogP contribution in [0.2, 0.25) is 0 Å². The van der Waals surface area contributed by atoms with Crippen molar-refractivity contribution >= 4 is 16.9 Å². The van der Waals surface area contributed by atoms with Crippen LogP contribution in [0.15, 0.2) is 59.3 Å². The molecular weight excluding hydrogens is 440 g/mol. The summed E-state index contributed by atoms with van der Waals surface area (Å²) >= 11 is 0. The molecule has 0 aliphatic carbocycles. The topological polar surface area (TPSA) is 72.7 Å². The zero-order valence-corrected chi connectivity index (χ0v) is 20.6. The summed E-state index contributed by atoms with van der Waals surface area (Å²) < 4.78 is 18.1. The fourth-order valence-electron chi connectivity index (χ4n) is 4.62. The monoisotopic (exact) mass is 472 g/mol. The van der Waals surface area contributed by atoms with Gasteiger partial charge in [-0.05, 0) is 63.5 Å². The predicted octanol–water partition coefficient (Wildman–Crippen LogP) is 5.86. The molecular formula is C28H32N4O3. The third-order valence-corrected chi connectivity index (χ3v) is 6.27. The number of furan rings is 1. The number of anilines is 1. The summed E-state index contributed by atoms with van der Waals surface area (Å²) in [4.78, 5) is 11.4. The summed E-state index contributed by atoms with van der Waals surface area (Å²) in [5, 5.41) is 4.31. The third-order valence-electron chi connectivity index (χ3n) is 6.27. The van der Waals surface area contributed by atoms with E-state index in [2.05, 4.69) is 46.2 Å². The number of nitrogens with one attached hydrogen (secondary N) is 1. The number of hydrogen-bond acceptors (Lipinski definition) is 7. The molecule has 0 saturated carbocycles. The lowest BCUT2D eigenvalue weighted by Crippen LogP contribution is -2.25. The Labute approximate surface area is 206 Å². The molecule has 35 heavy (non-hydrogen) atoms. The minimum atomic E-state index is 0.215. The Morgan fingerprint density at radius 3 is 2.54 bits per heavy atom. The van der Waals surface area contributed by atoms with Crippen LogP contribution >= 0.6 is 0 Å². The first kappa shape index (κ1) is 23.2. The number of benzene rings is 2. The van der Waals surface area contributed by atoms with Crippen LogP contribution in [0.5, 0.6) is 11.5 Å². The Hall–Kier alpha value is -3.58. The van der Waals surface area contributed by atoms with Crippen LogP contribution in [0.1, 0.15) is 26.7 Å². The standard InChI is InChI=1S/C28H32N4O3/c1-19(2)31-27-25-24(20-9-5-4-6-10-20)26(35-28(25)30-18-29-27)21-11-12-22(23(17-21)33-3)34-16-15-32-13-7-8-14-32/h4-6,9-12,17-19H,7-8,13-16H2,1-3H3,(H,29,30,31). The SMILES string of the molecule is COc1cc(-c2oc3ncnc(NC(C)C)c3c2-c2ccccc2)ccc1OCCN1CCCC1. The van der Waals surface area contributed by atoms with Crippen molar-refractivity contribution in [2.45, 2.75) is 32.7 Å². The minimum absolute atomic E-state index is 0.215. The van der Waals surface area contributed by atoms with E-state index in [1.165, 1.54) is 19.2 Å². The molecule has 1 saturated heterocycles. The Bertz CT molecular complexity index is 1280. The molecule has 1 aliphatic heterocycles. The van der Waals surface area contributed by atoms with Gasteiger partial charge in [0.25, 0.3) is 0 Å². The summed E-state index contributed by atoms with van der Waals surface area (Å²) in [6, 6.07) is 16.4. The van der Waals surface area contributed by atoms with Crippen LogP contribution in [-0.2, 0) is 0 Å². The van der Waals surface area contributed by atoms with Gasteiger partial charge >= 0.3 is 0 Å². The highest BCUT2D eigenvalue weighted by Gasteiger charge is 2.23. The van der Waals surface area contributed by atoms with Crippen LogP contribution in [-0.4, -0.2) is 54.3 Å². The van der Waals surface area contributed by atoms with E-state index >= 15 is 0 Å². The molecule has 0 amide bonds. The van der Waals surface area contributed by atoms with Crippen LogP contribution in [0.25, 0.3) is 33.6 Å². The average molecular weight is 473 g/mol. The predicted molar refractivity (Wildman–Crippen MR) is 139 cm³/mol. The Morgan fingerprint density at radius 2 is 1.80 bits per heavy atom. The number of rotatable bonds is 9. The normalized spacial score (nSPS) is 14.1. The van der Waals surface area contributed by atoms with Crippen molar-refractivity contribution in [2.24, 2.45) is 0 Å². The van der Waals surface area contributed by atoms with Gasteiger partial charge in [-0.2, -0.15) is 0 Å². The number of aromatic nitrogens is 2. The van der Waals surface area contributed by atoms with E-state index in [1.54, 1.807) is 7.11 Å². The molecule has 2 aromatic heterocycles. The Morgan fingerprint density at radius 1 is 1.00 bits per heavy atom. The van der Waals surface area contributed by atoms with Crippen LogP contribution in [0.4, 0.5) is 5.82 Å². The van der Waals surface area contributed by atoms with E-state index in [1.807, 2.05) is 36.4 Å². The average Bonchev–Trinajstić information content (AvgIpc) is 3.53. The van der Waals surface area contributed by atoms with Crippen LogP contribution in [0, 0.1) is 0 Å². The molecule has 2 aromatic carbocycles. The summed E-state index contributed by atoms with van der Waals surface area (Å²) in [6.07, 6.45) is 4.09. The largest absolute Gasteiger partial charge is 0.493 e. The van der Waals surface area contributed by atoms with Gasteiger partial charge in [0.05, 0.1) is 12.5 Å². The second-order valence-electron chi connectivity index (χ2n) is 9.14. The number of nitrogens with zero attached hydrogens (tertiary/aromatic N) is 3. The van der Waals surface area contributed by atoms with Gasteiger partial charge in [0.1, 0.15) is 24.5 Å². The van der Waals surface area contributed by atoms with Crippen molar-refractivity contribution in [1.29, 1.82) is 0 Å². The maximum absolute atomic E-state index is 6.36. The van der Waals surface area contributed by atoms with Gasteiger partial charge in [0, 0.05) is 23.7 Å². The quantitative estimate of drug-likeness (QED) is 0.327. The molecule has 0 unspecified atom stereocenters. The molecule has 4 aromatic rings. The van der Waals surface area contributed by atoms with Crippen molar-refractivity contribution in [2.75, 3.05) is 38.7 Å². The number of likely N-dealkylation sites (tertiary alicyclic amines) is 1. The molecule has 1 aliphatic rings. The maximum atomic E-state index is 6.36. The van der Waals surface area contributed by atoms with E-state index in [0.29, 0.717) is 18.1 Å². The van der Waals surface area contributed by atoms with E-state index < -0.39 is 0 Å². The molecule has 0 bridgehead atoms. The van der Waals surface area contributed by atoms with Crippen LogP contribution in [0.3, 0.4) is 0 Å². The number of ether oxygens (including phenoxy) is 2. The molecule has 3 heterocycles. The van der Waals surface area contributed by atoms with Gasteiger partial charge in [0.2, 0.25) is 5.71 Å². The summed E-state index contributed by atoms with van der Waals surface area (Å²) in [7, 11) is 1.67. The number of hydrogen-bond donors (Lipinski definition) is 1. The van der Waals surface area contributed by atoms with Gasteiger partial charge in [-0.25, -0.2) is 9.97 Å². The van der Waals surface area contributed by atoms with Crippen molar-refractivity contribution in [3.05, 3.63) is 54.9 Å².